The fourth-order valence-corrected chi connectivity index (χ4v) is 1.49. The first kappa shape index (κ1) is 13.8. The van der Waals surface area contributed by atoms with E-state index in [0.29, 0.717) is 6.54 Å². The van der Waals surface area contributed by atoms with Gasteiger partial charge in [-0.2, -0.15) is 0 Å². The highest BCUT2D eigenvalue weighted by molar-refractivity contribution is 5.76. The molecule has 0 saturated carbocycles. The van der Waals surface area contributed by atoms with Gasteiger partial charge in [-0.05, 0) is 5.56 Å². The molecule has 0 radical (unpaired) electrons. The van der Waals surface area contributed by atoms with Gasteiger partial charge in [0.1, 0.15) is 0 Å². The summed E-state index contributed by atoms with van der Waals surface area (Å²) in [7, 11) is 0. The molecule has 5 nitrogen and oxygen atoms in total. The zero-order valence-corrected chi connectivity index (χ0v) is 9.93. The first-order chi connectivity index (χ1) is 8.63. The Morgan fingerprint density at radius 3 is 2.56 bits per heavy atom. The number of carboxylic acids is 1. The Balaban J connectivity index is 2.70. The molecule has 0 fully saturated rings. The average molecular weight is 248 g/mol. The molecule has 5 heteroatoms. The highest BCUT2D eigenvalue weighted by Crippen LogP contribution is 2.16. The summed E-state index contributed by atoms with van der Waals surface area (Å²) in [5.74, 6) is -0.965. The number of carbonyl (C=O) groups excluding carboxylic acids is 1. The molecule has 1 atom stereocenters. The van der Waals surface area contributed by atoms with Crippen molar-refractivity contribution in [2.24, 2.45) is 0 Å². The summed E-state index contributed by atoms with van der Waals surface area (Å²) in [6.07, 6.45) is 1.39. The van der Waals surface area contributed by atoms with Crippen LogP contribution in [0.1, 0.15) is 18.0 Å². The monoisotopic (exact) mass is 248 g/mol. The summed E-state index contributed by atoms with van der Waals surface area (Å²) in [6, 6.07) is 8.03. The van der Waals surface area contributed by atoms with Crippen LogP contribution in [-0.4, -0.2) is 23.7 Å². The SMILES string of the molecule is C=CCNC(=O)NC(CC(=O)O)c1ccccc1. The van der Waals surface area contributed by atoms with Gasteiger partial charge in [0.05, 0.1) is 12.5 Å². The summed E-state index contributed by atoms with van der Waals surface area (Å²) in [5.41, 5.74) is 0.758. The second-order valence-electron chi connectivity index (χ2n) is 3.70. The maximum absolute atomic E-state index is 11.5. The molecule has 0 aromatic heterocycles. The minimum Gasteiger partial charge on any atom is -0.481 e. The van der Waals surface area contributed by atoms with Crippen LogP contribution in [0.4, 0.5) is 4.79 Å². The summed E-state index contributed by atoms with van der Waals surface area (Å²) < 4.78 is 0. The lowest BCUT2D eigenvalue weighted by Crippen LogP contribution is -2.38. The fourth-order valence-electron chi connectivity index (χ4n) is 1.49. The molecule has 1 rings (SSSR count). The number of urea groups is 1. The number of hydrogen-bond acceptors (Lipinski definition) is 2. The number of rotatable bonds is 6. The number of nitrogens with one attached hydrogen (secondary N) is 2. The van der Waals surface area contributed by atoms with Crippen molar-refractivity contribution in [3.8, 4) is 0 Å². The Kier molecular flexibility index (Phi) is 5.44. The Labute approximate surface area is 106 Å². The number of carboxylic acid groups (broad SMARTS) is 1. The fraction of sp³-hybridized carbons (Fsp3) is 0.231. The van der Waals surface area contributed by atoms with Crippen LogP contribution in [0.2, 0.25) is 0 Å². The van der Waals surface area contributed by atoms with Gasteiger partial charge in [0, 0.05) is 6.54 Å². The van der Waals surface area contributed by atoms with Crippen LogP contribution in [0.5, 0.6) is 0 Å². The van der Waals surface area contributed by atoms with Crippen molar-refractivity contribution in [1.82, 2.24) is 10.6 Å². The van der Waals surface area contributed by atoms with Gasteiger partial charge in [-0.3, -0.25) is 4.79 Å². The summed E-state index contributed by atoms with van der Waals surface area (Å²) in [5, 5.41) is 14.0. The van der Waals surface area contributed by atoms with Crippen molar-refractivity contribution in [3.63, 3.8) is 0 Å². The maximum atomic E-state index is 11.5. The molecular formula is C13H16N2O3. The molecule has 18 heavy (non-hydrogen) atoms. The number of benzene rings is 1. The highest BCUT2D eigenvalue weighted by Gasteiger charge is 2.17. The first-order valence-electron chi connectivity index (χ1n) is 5.55. The molecule has 0 saturated heterocycles. The molecule has 1 aromatic carbocycles. The van der Waals surface area contributed by atoms with Crippen LogP contribution >= 0.6 is 0 Å². The predicted molar refractivity (Wildman–Crippen MR) is 68.2 cm³/mol. The zero-order valence-electron chi connectivity index (χ0n) is 9.93. The topological polar surface area (TPSA) is 78.4 Å². The number of amides is 2. The maximum Gasteiger partial charge on any atom is 0.315 e. The summed E-state index contributed by atoms with van der Waals surface area (Å²) in [6.45, 7) is 3.82. The van der Waals surface area contributed by atoms with E-state index in [9.17, 15) is 9.59 Å². The largest absolute Gasteiger partial charge is 0.481 e. The quantitative estimate of drug-likeness (QED) is 0.670. The molecule has 1 aromatic rings. The van der Waals surface area contributed by atoms with E-state index in [1.54, 1.807) is 30.3 Å². The molecular weight excluding hydrogens is 232 g/mol. The van der Waals surface area contributed by atoms with Gasteiger partial charge in [0.2, 0.25) is 0 Å². The Bertz CT molecular complexity index is 418. The zero-order chi connectivity index (χ0) is 13.4. The van der Waals surface area contributed by atoms with Crippen LogP contribution < -0.4 is 10.6 Å². The van der Waals surface area contributed by atoms with Crippen LogP contribution in [-0.2, 0) is 4.79 Å². The van der Waals surface area contributed by atoms with Crippen LogP contribution in [0.25, 0.3) is 0 Å². The molecule has 0 spiro atoms. The Morgan fingerprint density at radius 1 is 1.33 bits per heavy atom. The van der Waals surface area contributed by atoms with E-state index in [0.717, 1.165) is 5.56 Å². The van der Waals surface area contributed by atoms with Gasteiger partial charge in [0.15, 0.2) is 0 Å². The van der Waals surface area contributed by atoms with E-state index >= 15 is 0 Å². The Morgan fingerprint density at radius 2 is 2.00 bits per heavy atom. The van der Waals surface area contributed by atoms with E-state index < -0.39 is 18.0 Å². The number of aliphatic carboxylic acids is 1. The standard InChI is InChI=1S/C13H16N2O3/c1-2-8-14-13(18)15-11(9-12(16)17)10-6-4-3-5-7-10/h2-7,11H,1,8-9H2,(H,16,17)(H2,14,15,18). The van der Waals surface area contributed by atoms with E-state index in [2.05, 4.69) is 17.2 Å². The highest BCUT2D eigenvalue weighted by atomic mass is 16.4. The molecule has 0 aliphatic rings. The van der Waals surface area contributed by atoms with Crippen molar-refractivity contribution in [2.45, 2.75) is 12.5 Å². The molecule has 96 valence electrons. The smallest absolute Gasteiger partial charge is 0.315 e. The van der Waals surface area contributed by atoms with Crippen molar-refractivity contribution >= 4 is 12.0 Å². The third-order valence-electron chi connectivity index (χ3n) is 2.29. The van der Waals surface area contributed by atoms with Crippen molar-refractivity contribution in [1.29, 1.82) is 0 Å². The minimum atomic E-state index is -0.965. The van der Waals surface area contributed by atoms with E-state index in [1.807, 2.05) is 6.07 Å². The lowest BCUT2D eigenvalue weighted by Gasteiger charge is -2.17. The average Bonchev–Trinajstić information content (AvgIpc) is 2.36. The lowest BCUT2D eigenvalue weighted by molar-refractivity contribution is -0.137. The van der Waals surface area contributed by atoms with Gasteiger partial charge in [0.25, 0.3) is 0 Å². The normalized spacial score (nSPS) is 11.3. The van der Waals surface area contributed by atoms with E-state index in [4.69, 9.17) is 5.11 Å². The second-order valence-corrected chi connectivity index (χ2v) is 3.70. The molecule has 0 aliphatic heterocycles. The van der Waals surface area contributed by atoms with Gasteiger partial charge < -0.3 is 15.7 Å². The van der Waals surface area contributed by atoms with Crippen LogP contribution in [0, 0.1) is 0 Å². The molecule has 2 amide bonds. The van der Waals surface area contributed by atoms with E-state index in [1.165, 1.54) is 0 Å². The first-order valence-corrected chi connectivity index (χ1v) is 5.55. The third-order valence-corrected chi connectivity index (χ3v) is 2.29. The van der Waals surface area contributed by atoms with Crippen molar-refractivity contribution in [3.05, 3.63) is 48.6 Å². The lowest BCUT2D eigenvalue weighted by atomic mass is 10.0. The van der Waals surface area contributed by atoms with Gasteiger partial charge in [-0.1, -0.05) is 36.4 Å². The number of carbonyl (C=O) groups is 2. The molecule has 0 aliphatic carbocycles. The molecule has 1 unspecified atom stereocenters. The Hall–Kier alpha value is -2.30. The molecule has 0 bridgehead atoms. The minimum absolute atomic E-state index is 0.161. The molecule has 3 N–H and O–H groups in total. The van der Waals surface area contributed by atoms with Crippen LogP contribution in [0.3, 0.4) is 0 Å². The summed E-state index contributed by atoms with van der Waals surface area (Å²) >= 11 is 0. The van der Waals surface area contributed by atoms with Crippen molar-refractivity contribution in [2.75, 3.05) is 6.54 Å². The van der Waals surface area contributed by atoms with Crippen LogP contribution in [0.15, 0.2) is 43.0 Å². The van der Waals surface area contributed by atoms with Crippen molar-refractivity contribution < 1.29 is 14.7 Å². The summed E-state index contributed by atoms with van der Waals surface area (Å²) in [4.78, 5) is 22.3. The van der Waals surface area contributed by atoms with Gasteiger partial charge in [-0.25, -0.2) is 4.79 Å². The third kappa shape index (κ3) is 4.69. The van der Waals surface area contributed by atoms with E-state index in [-0.39, 0.29) is 6.42 Å². The molecule has 0 heterocycles. The number of hydrogen-bond donors (Lipinski definition) is 3. The second kappa shape index (κ2) is 7.11. The van der Waals surface area contributed by atoms with Gasteiger partial charge >= 0.3 is 12.0 Å². The predicted octanol–water partition coefficient (Wildman–Crippen LogP) is 1.69. The van der Waals surface area contributed by atoms with Gasteiger partial charge in [-0.15, -0.1) is 6.58 Å².